The van der Waals surface area contributed by atoms with Gasteiger partial charge in [-0.1, -0.05) is 23.2 Å². The second-order valence-electron chi connectivity index (χ2n) is 2.60. The third kappa shape index (κ3) is 2.81. The molecule has 0 bridgehead atoms. The average Bonchev–Trinajstić information content (AvgIpc) is 2.04. The highest BCUT2D eigenvalue weighted by Gasteiger charge is 2.11. The van der Waals surface area contributed by atoms with Gasteiger partial charge in [0.1, 0.15) is 5.15 Å². The van der Waals surface area contributed by atoms with Crippen molar-refractivity contribution in [1.29, 1.82) is 0 Å². The van der Waals surface area contributed by atoms with Gasteiger partial charge < -0.3 is 10.4 Å². The molecule has 0 radical (unpaired) electrons. The highest BCUT2D eigenvalue weighted by molar-refractivity contribution is 6.34. The highest BCUT2D eigenvalue weighted by atomic mass is 35.5. The predicted octanol–water partition coefficient (Wildman–Crippen LogP) is 1.64. The number of pyridine rings is 1. The standard InChI is InChI=1S/C8H10Cl2N2O/c1-11-4-7(13)5-3-12-8(10)2-6(5)9/h2-3,7,11,13H,4H2,1H3. The third-order valence-electron chi connectivity index (χ3n) is 1.61. The molecule has 1 heterocycles. The van der Waals surface area contributed by atoms with Crippen molar-refractivity contribution in [3.63, 3.8) is 0 Å². The lowest BCUT2D eigenvalue weighted by Gasteiger charge is -2.11. The van der Waals surface area contributed by atoms with Gasteiger partial charge in [0.15, 0.2) is 0 Å². The number of aromatic nitrogens is 1. The Morgan fingerprint density at radius 3 is 2.85 bits per heavy atom. The number of hydrogen-bond acceptors (Lipinski definition) is 3. The molecule has 1 aromatic heterocycles. The van der Waals surface area contributed by atoms with Crippen LogP contribution in [-0.4, -0.2) is 23.7 Å². The first-order valence-electron chi connectivity index (χ1n) is 3.78. The van der Waals surface area contributed by atoms with Gasteiger partial charge in [-0.05, 0) is 13.1 Å². The van der Waals surface area contributed by atoms with Gasteiger partial charge in [0.05, 0.1) is 11.1 Å². The Balaban J connectivity index is 2.88. The molecule has 0 saturated heterocycles. The van der Waals surface area contributed by atoms with Crippen LogP contribution in [0.1, 0.15) is 11.7 Å². The molecule has 0 aromatic carbocycles. The Morgan fingerprint density at radius 1 is 1.62 bits per heavy atom. The van der Waals surface area contributed by atoms with Gasteiger partial charge in [0.2, 0.25) is 0 Å². The Hall–Kier alpha value is -0.350. The van der Waals surface area contributed by atoms with Gasteiger partial charge >= 0.3 is 0 Å². The number of halogens is 2. The maximum absolute atomic E-state index is 9.56. The lowest BCUT2D eigenvalue weighted by molar-refractivity contribution is 0.177. The number of aliphatic hydroxyl groups is 1. The largest absolute Gasteiger partial charge is 0.387 e. The minimum atomic E-state index is -0.651. The van der Waals surface area contributed by atoms with Crippen molar-refractivity contribution in [2.45, 2.75) is 6.10 Å². The second kappa shape index (κ2) is 4.77. The van der Waals surface area contributed by atoms with Crippen molar-refractivity contribution in [2.75, 3.05) is 13.6 Å². The van der Waals surface area contributed by atoms with Crippen molar-refractivity contribution < 1.29 is 5.11 Å². The summed E-state index contributed by atoms with van der Waals surface area (Å²) in [6.07, 6.45) is 0.828. The van der Waals surface area contributed by atoms with Crippen LogP contribution < -0.4 is 5.32 Å². The molecular weight excluding hydrogens is 211 g/mol. The fourth-order valence-corrected chi connectivity index (χ4v) is 1.46. The molecule has 0 spiro atoms. The van der Waals surface area contributed by atoms with Gasteiger partial charge in [0.25, 0.3) is 0 Å². The molecular formula is C8H10Cl2N2O. The molecule has 0 aliphatic heterocycles. The summed E-state index contributed by atoms with van der Waals surface area (Å²) in [5, 5.41) is 13.2. The summed E-state index contributed by atoms with van der Waals surface area (Å²) >= 11 is 11.5. The summed E-state index contributed by atoms with van der Waals surface area (Å²) in [5.74, 6) is 0. The number of nitrogens with one attached hydrogen (secondary N) is 1. The van der Waals surface area contributed by atoms with E-state index in [4.69, 9.17) is 23.2 Å². The van der Waals surface area contributed by atoms with E-state index in [-0.39, 0.29) is 0 Å². The van der Waals surface area contributed by atoms with E-state index in [1.807, 2.05) is 0 Å². The van der Waals surface area contributed by atoms with Crippen LogP contribution in [0.25, 0.3) is 0 Å². The molecule has 0 aliphatic carbocycles. The molecule has 5 heteroatoms. The first-order valence-corrected chi connectivity index (χ1v) is 4.54. The first-order chi connectivity index (χ1) is 6.15. The van der Waals surface area contributed by atoms with Crippen LogP contribution in [0.5, 0.6) is 0 Å². The van der Waals surface area contributed by atoms with Crippen LogP contribution in [0.2, 0.25) is 10.2 Å². The molecule has 0 fully saturated rings. The Morgan fingerprint density at radius 2 is 2.31 bits per heavy atom. The van der Waals surface area contributed by atoms with Gasteiger partial charge in [-0.15, -0.1) is 0 Å². The van der Waals surface area contributed by atoms with Crippen LogP contribution in [0.4, 0.5) is 0 Å². The maximum Gasteiger partial charge on any atom is 0.130 e. The zero-order valence-corrected chi connectivity index (χ0v) is 8.60. The normalized spacial score (nSPS) is 12.9. The summed E-state index contributed by atoms with van der Waals surface area (Å²) in [6, 6.07) is 1.51. The molecule has 2 N–H and O–H groups in total. The number of aliphatic hydroxyl groups excluding tert-OH is 1. The summed E-state index contributed by atoms with van der Waals surface area (Å²) < 4.78 is 0. The lowest BCUT2D eigenvalue weighted by atomic mass is 10.1. The summed E-state index contributed by atoms with van der Waals surface area (Å²) in [4.78, 5) is 3.84. The van der Waals surface area contributed by atoms with Crippen molar-refractivity contribution >= 4 is 23.2 Å². The monoisotopic (exact) mass is 220 g/mol. The molecule has 1 unspecified atom stereocenters. The zero-order valence-electron chi connectivity index (χ0n) is 7.09. The van der Waals surface area contributed by atoms with Gasteiger partial charge in [0, 0.05) is 18.3 Å². The zero-order chi connectivity index (χ0) is 9.84. The van der Waals surface area contributed by atoms with E-state index in [9.17, 15) is 5.11 Å². The summed E-state index contributed by atoms with van der Waals surface area (Å²) in [7, 11) is 1.75. The van der Waals surface area contributed by atoms with E-state index in [1.165, 1.54) is 12.3 Å². The Kier molecular flexibility index (Phi) is 3.93. The molecule has 72 valence electrons. The molecule has 1 rings (SSSR count). The molecule has 1 aromatic rings. The number of nitrogens with zero attached hydrogens (tertiary/aromatic N) is 1. The highest BCUT2D eigenvalue weighted by Crippen LogP contribution is 2.23. The van der Waals surface area contributed by atoms with Crippen LogP contribution in [-0.2, 0) is 0 Å². The van der Waals surface area contributed by atoms with Crippen molar-refractivity contribution in [3.05, 3.63) is 28.0 Å². The molecule has 1 atom stereocenters. The van der Waals surface area contributed by atoms with E-state index in [2.05, 4.69) is 10.3 Å². The quantitative estimate of drug-likeness (QED) is 0.762. The van der Waals surface area contributed by atoms with E-state index in [0.29, 0.717) is 22.3 Å². The minimum absolute atomic E-state index is 0.324. The Bertz CT molecular complexity index is 293. The molecule has 0 saturated carbocycles. The smallest absolute Gasteiger partial charge is 0.130 e. The van der Waals surface area contributed by atoms with E-state index >= 15 is 0 Å². The van der Waals surface area contributed by atoms with Crippen LogP contribution in [0.3, 0.4) is 0 Å². The lowest BCUT2D eigenvalue weighted by Crippen LogP contribution is -2.17. The Labute approximate surface area is 86.7 Å². The first kappa shape index (κ1) is 10.7. The molecule has 0 aliphatic rings. The average molecular weight is 221 g/mol. The molecule has 13 heavy (non-hydrogen) atoms. The van der Waals surface area contributed by atoms with Crippen LogP contribution >= 0.6 is 23.2 Å². The van der Waals surface area contributed by atoms with Crippen molar-refractivity contribution in [2.24, 2.45) is 0 Å². The van der Waals surface area contributed by atoms with Gasteiger partial charge in [-0.25, -0.2) is 4.98 Å². The number of likely N-dealkylation sites (N-methyl/N-ethyl adjacent to an activating group) is 1. The fourth-order valence-electron chi connectivity index (χ4n) is 0.967. The van der Waals surface area contributed by atoms with E-state index in [0.717, 1.165) is 0 Å². The molecule has 3 nitrogen and oxygen atoms in total. The van der Waals surface area contributed by atoms with E-state index in [1.54, 1.807) is 7.05 Å². The van der Waals surface area contributed by atoms with Crippen LogP contribution in [0.15, 0.2) is 12.3 Å². The minimum Gasteiger partial charge on any atom is -0.387 e. The third-order valence-corrected chi connectivity index (χ3v) is 2.14. The number of rotatable bonds is 3. The summed E-state index contributed by atoms with van der Waals surface area (Å²) in [5.41, 5.74) is 0.584. The van der Waals surface area contributed by atoms with Crippen LogP contribution in [0, 0.1) is 0 Å². The molecule has 0 amide bonds. The topological polar surface area (TPSA) is 45.1 Å². The van der Waals surface area contributed by atoms with E-state index < -0.39 is 6.10 Å². The maximum atomic E-state index is 9.56. The SMILES string of the molecule is CNCC(O)c1cnc(Cl)cc1Cl. The van der Waals surface area contributed by atoms with Gasteiger partial charge in [-0.2, -0.15) is 0 Å². The summed E-state index contributed by atoms with van der Waals surface area (Å²) in [6.45, 7) is 0.434. The van der Waals surface area contributed by atoms with Gasteiger partial charge in [-0.3, -0.25) is 0 Å². The fraction of sp³-hybridized carbons (Fsp3) is 0.375. The van der Waals surface area contributed by atoms with Crippen molar-refractivity contribution in [1.82, 2.24) is 10.3 Å². The van der Waals surface area contributed by atoms with Crippen molar-refractivity contribution in [3.8, 4) is 0 Å². The predicted molar refractivity (Wildman–Crippen MR) is 53.1 cm³/mol. The second-order valence-corrected chi connectivity index (χ2v) is 3.40. The number of hydrogen-bond donors (Lipinski definition) is 2.